The van der Waals surface area contributed by atoms with Crippen LogP contribution in [0.1, 0.15) is 10.4 Å². The zero-order valence-electron chi connectivity index (χ0n) is 17.3. The highest BCUT2D eigenvalue weighted by atomic mass is 35.5. The maximum atomic E-state index is 13.1. The lowest BCUT2D eigenvalue weighted by molar-refractivity contribution is -0.0497. The average molecular weight is 490 g/mol. The Morgan fingerprint density at radius 2 is 1.88 bits per heavy atom. The second-order valence-corrected chi connectivity index (χ2v) is 9.60. The number of carbonyl (C=O) groups excluding carboxylic acids is 1. The minimum atomic E-state index is -3.78. The third-order valence-corrected chi connectivity index (χ3v) is 6.86. The number of ether oxygens (including phenoxy) is 2. The molecule has 1 amide bonds. The number of alkyl halides is 2. The fourth-order valence-corrected chi connectivity index (χ4v) is 4.27. The predicted molar refractivity (Wildman–Crippen MR) is 116 cm³/mol. The smallest absolute Gasteiger partial charge is 0.387 e. The van der Waals surface area contributed by atoms with Crippen LogP contribution in [0.5, 0.6) is 5.75 Å². The van der Waals surface area contributed by atoms with E-state index in [4.69, 9.17) is 16.3 Å². The van der Waals surface area contributed by atoms with Gasteiger partial charge < -0.3 is 19.7 Å². The second kappa shape index (κ2) is 9.99. The van der Waals surface area contributed by atoms with E-state index in [9.17, 15) is 22.0 Å². The highest BCUT2D eigenvalue weighted by molar-refractivity contribution is 7.89. The standard InChI is InChI=1S/C20H22ClF2N3O5S/c1-25(2)32(28,29)14-4-5-17(26-7-9-30-10-8-26)15(12-14)19(27)24-13-3-6-18(16(21)11-13)31-20(22)23/h3-6,11-12,20H,7-10H2,1-2H3,(H,24,27). The fourth-order valence-electron chi connectivity index (χ4n) is 3.12. The molecule has 0 spiro atoms. The SMILES string of the molecule is CN(C)S(=O)(=O)c1ccc(N2CCOCC2)c(C(=O)Nc2ccc(OC(F)F)c(Cl)c2)c1. The van der Waals surface area contributed by atoms with Gasteiger partial charge >= 0.3 is 6.61 Å². The molecule has 0 radical (unpaired) electrons. The number of rotatable bonds is 7. The molecule has 8 nitrogen and oxygen atoms in total. The lowest BCUT2D eigenvalue weighted by Crippen LogP contribution is -2.37. The second-order valence-electron chi connectivity index (χ2n) is 7.04. The van der Waals surface area contributed by atoms with E-state index in [2.05, 4.69) is 10.1 Å². The summed E-state index contributed by atoms with van der Waals surface area (Å²) in [6, 6.07) is 8.18. The quantitative estimate of drug-likeness (QED) is 0.642. The Labute approximate surface area is 189 Å². The van der Waals surface area contributed by atoms with Crippen LogP contribution in [0.4, 0.5) is 20.2 Å². The Morgan fingerprint density at radius 1 is 1.19 bits per heavy atom. The van der Waals surface area contributed by atoms with Crippen LogP contribution in [0.15, 0.2) is 41.3 Å². The van der Waals surface area contributed by atoms with Gasteiger partial charge in [-0.15, -0.1) is 0 Å². The van der Waals surface area contributed by atoms with Gasteiger partial charge in [-0.25, -0.2) is 12.7 Å². The number of morpholine rings is 1. The van der Waals surface area contributed by atoms with E-state index >= 15 is 0 Å². The monoisotopic (exact) mass is 489 g/mol. The first-order chi connectivity index (χ1) is 15.1. The summed E-state index contributed by atoms with van der Waals surface area (Å²) < 4.78 is 60.7. The zero-order chi connectivity index (χ0) is 23.5. The molecular formula is C20H22ClF2N3O5S. The molecule has 0 aliphatic carbocycles. The molecule has 1 heterocycles. The molecule has 1 aliphatic heterocycles. The van der Waals surface area contributed by atoms with Gasteiger partial charge in [0.25, 0.3) is 5.91 Å². The Hall–Kier alpha value is -2.47. The topological polar surface area (TPSA) is 88.2 Å². The number of hydrogen-bond donors (Lipinski definition) is 1. The van der Waals surface area contributed by atoms with E-state index < -0.39 is 22.5 Å². The molecule has 3 rings (SSSR count). The van der Waals surface area contributed by atoms with Crippen molar-refractivity contribution in [2.45, 2.75) is 11.5 Å². The van der Waals surface area contributed by atoms with Crippen molar-refractivity contribution < 1.29 is 31.5 Å². The minimum Gasteiger partial charge on any atom is -0.433 e. The summed E-state index contributed by atoms with van der Waals surface area (Å²) in [4.78, 5) is 15.0. The van der Waals surface area contributed by atoms with E-state index in [0.29, 0.717) is 32.0 Å². The molecular weight excluding hydrogens is 468 g/mol. The van der Waals surface area contributed by atoms with E-state index in [-0.39, 0.29) is 26.9 Å². The van der Waals surface area contributed by atoms with Crippen molar-refractivity contribution in [2.24, 2.45) is 0 Å². The van der Waals surface area contributed by atoms with Crippen molar-refractivity contribution in [3.63, 3.8) is 0 Å². The molecule has 2 aromatic carbocycles. The summed E-state index contributed by atoms with van der Waals surface area (Å²) in [5.74, 6) is -0.811. The molecule has 0 aromatic heterocycles. The number of benzene rings is 2. The van der Waals surface area contributed by atoms with Crippen molar-refractivity contribution in [3.05, 3.63) is 47.0 Å². The van der Waals surface area contributed by atoms with Crippen LogP contribution in [0.25, 0.3) is 0 Å². The molecule has 1 fully saturated rings. The number of amides is 1. The van der Waals surface area contributed by atoms with Gasteiger partial charge in [-0.05, 0) is 36.4 Å². The van der Waals surface area contributed by atoms with Gasteiger partial charge in [0.1, 0.15) is 5.75 Å². The normalized spacial score (nSPS) is 14.7. The van der Waals surface area contributed by atoms with E-state index in [1.807, 2.05) is 4.90 Å². The lowest BCUT2D eigenvalue weighted by Gasteiger charge is -2.30. The molecule has 1 saturated heterocycles. The molecule has 0 bridgehead atoms. The number of nitrogens with one attached hydrogen (secondary N) is 1. The molecule has 1 N–H and O–H groups in total. The third-order valence-electron chi connectivity index (χ3n) is 4.75. The first kappa shape index (κ1) is 24.2. The van der Waals surface area contributed by atoms with Gasteiger partial charge in [0, 0.05) is 38.6 Å². The zero-order valence-corrected chi connectivity index (χ0v) is 18.9. The number of nitrogens with zero attached hydrogens (tertiary/aromatic N) is 2. The van der Waals surface area contributed by atoms with Crippen LogP contribution in [0, 0.1) is 0 Å². The van der Waals surface area contributed by atoms with E-state index in [1.165, 1.54) is 44.4 Å². The summed E-state index contributed by atoms with van der Waals surface area (Å²) in [5.41, 5.74) is 0.918. The van der Waals surface area contributed by atoms with Crippen molar-refractivity contribution >= 4 is 38.9 Å². The highest BCUT2D eigenvalue weighted by Crippen LogP contribution is 2.31. The summed E-state index contributed by atoms with van der Waals surface area (Å²) in [6.45, 7) is -1.03. The van der Waals surface area contributed by atoms with Crippen LogP contribution in [-0.4, -0.2) is 65.6 Å². The Morgan fingerprint density at radius 3 is 2.47 bits per heavy atom. The summed E-state index contributed by atoms with van der Waals surface area (Å²) >= 11 is 5.96. The Bertz CT molecular complexity index is 1090. The van der Waals surface area contributed by atoms with Crippen LogP contribution in [0.3, 0.4) is 0 Å². The number of halogens is 3. The van der Waals surface area contributed by atoms with Crippen molar-refractivity contribution in [1.29, 1.82) is 0 Å². The molecule has 0 unspecified atom stereocenters. The summed E-state index contributed by atoms with van der Waals surface area (Å²) in [5, 5.41) is 2.52. The van der Waals surface area contributed by atoms with E-state index in [1.54, 1.807) is 6.07 Å². The number of anilines is 2. The molecule has 32 heavy (non-hydrogen) atoms. The number of carbonyl (C=O) groups is 1. The van der Waals surface area contributed by atoms with Crippen molar-refractivity contribution in [2.75, 3.05) is 50.6 Å². The third kappa shape index (κ3) is 5.47. The molecule has 0 saturated carbocycles. The van der Waals surface area contributed by atoms with Gasteiger partial charge in [0.15, 0.2) is 0 Å². The van der Waals surface area contributed by atoms with Crippen LogP contribution < -0.4 is 15.0 Å². The van der Waals surface area contributed by atoms with Crippen LogP contribution >= 0.6 is 11.6 Å². The Balaban J connectivity index is 1.96. The number of sulfonamides is 1. The van der Waals surface area contributed by atoms with Crippen molar-refractivity contribution in [3.8, 4) is 5.75 Å². The van der Waals surface area contributed by atoms with Crippen LogP contribution in [-0.2, 0) is 14.8 Å². The van der Waals surface area contributed by atoms with Gasteiger partial charge in [-0.1, -0.05) is 11.6 Å². The van der Waals surface area contributed by atoms with Gasteiger partial charge in [0.2, 0.25) is 10.0 Å². The summed E-state index contributed by atoms with van der Waals surface area (Å²) in [6.07, 6.45) is 0. The highest BCUT2D eigenvalue weighted by Gasteiger charge is 2.24. The first-order valence-corrected chi connectivity index (χ1v) is 11.4. The maximum absolute atomic E-state index is 13.1. The van der Waals surface area contributed by atoms with E-state index in [0.717, 1.165) is 4.31 Å². The molecule has 12 heteroatoms. The average Bonchev–Trinajstić information content (AvgIpc) is 2.75. The molecule has 1 aliphatic rings. The van der Waals surface area contributed by atoms with Crippen molar-refractivity contribution in [1.82, 2.24) is 4.31 Å². The first-order valence-electron chi connectivity index (χ1n) is 9.54. The predicted octanol–water partition coefficient (Wildman–Crippen LogP) is 3.28. The molecule has 2 aromatic rings. The molecule has 174 valence electrons. The van der Waals surface area contributed by atoms with Gasteiger partial charge in [-0.2, -0.15) is 8.78 Å². The molecule has 0 atom stereocenters. The maximum Gasteiger partial charge on any atom is 0.387 e. The fraction of sp³-hybridized carbons (Fsp3) is 0.350. The Kier molecular flexibility index (Phi) is 7.55. The number of hydrogen-bond acceptors (Lipinski definition) is 6. The van der Waals surface area contributed by atoms with Crippen LogP contribution in [0.2, 0.25) is 5.02 Å². The largest absolute Gasteiger partial charge is 0.433 e. The lowest BCUT2D eigenvalue weighted by atomic mass is 10.1. The van der Waals surface area contributed by atoms with Gasteiger partial charge in [-0.3, -0.25) is 4.79 Å². The minimum absolute atomic E-state index is 0.0385. The van der Waals surface area contributed by atoms with Gasteiger partial charge in [0.05, 0.1) is 28.7 Å². The summed E-state index contributed by atoms with van der Waals surface area (Å²) in [7, 11) is -0.978.